The monoisotopic (exact) mass is 563 g/mol. The van der Waals surface area contributed by atoms with Crippen LogP contribution in [-0.2, 0) is 21.0 Å². The number of carbonyl (C=O) groups excluding carboxylic acids is 2. The van der Waals surface area contributed by atoms with Gasteiger partial charge in [-0.05, 0) is 47.2 Å². The van der Waals surface area contributed by atoms with Gasteiger partial charge in [0.05, 0.1) is 11.8 Å². The zero-order valence-electron chi connectivity index (χ0n) is 15.0. The second-order valence-electron chi connectivity index (χ2n) is 5.72. The van der Waals surface area contributed by atoms with Crippen molar-refractivity contribution >= 4 is 66.8 Å². The maximum atomic E-state index is 13.2. The number of rotatable bonds is 5. The van der Waals surface area contributed by atoms with Gasteiger partial charge in [-0.1, -0.05) is 11.3 Å². The molecule has 0 aliphatic carbocycles. The molecular weight excluding hydrogens is 550 g/mol. The smallest absolute Gasteiger partial charge is 0.426 e. The van der Waals surface area contributed by atoms with Crippen LogP contribution in [0.25, 0.3) is 0 Å². The molecule has 0 aliphatic heterocycles. The van der Waals surface area contributed by atoms with Gasteiger partial charge in [0.25, 0.3) is 5.91 Å². The van der Waals surface area contributed by atoms with Crippen LogP contribution < -0.4 is 14.8 Å². The van der Waals surface area contributed by atoms with Crippen molar-refractivity contribution in [3.63, 3.8) is 0 Å². The van der Waals surface area contributed by atoms with Gasteiger partial charge in [-0.2, -0.15) is 13.2 Å². The zero-order valence-corrected chi connectivity index (χ0v) is 18.8. The standard InChI is InChI=1S/C15H13F3IN3O5S2/c1-6-4-8(19)5-9(10(6)27-7(2)23)13(24)21-14-20-12(22-29(3,25)26)11(28-14)15(16,17)18/h4-5,22H,1-3H3,(H,20,21,24). The number of esters is 1. The molecule has 0 spiro atoms. The number of aryl methyl sites for hydroxylation is 1. The van der Waals surface area contributed by atoms with E-state index in [1.165, 1.54) is 6.07 Å². The van der Waals surface area contributed by atoms with Crippen molar-refractivity contribution in [3.8, 4) is 5.75 Å². The molecule has 1 amide bonds. The van der Waals surface area contributed by atoms with Crippen molar-refractivity contribution in [1.82, 2.24) is 4.98 Å². The Labute approximate surface area is 181 Å². The summed E-state index contributed by atoms with van der Waals surface area (Å²) in [4.78, 5) is 26.1. The third-order valence-electron chi connectivity index (χ3n) is 3.12. The molecule has 1 aromatic carbocycles. The van der Waals surface area contributed by atoms with E-state index in [0.29, 0.717) is 15.4 Å². The summed E-state index contributed by atoms with van der Waals surface area (Å²) in [7, 11) is -4.04. The quantitative estimate of drug-likeness (QED) is 0.327. The SMILES string of the molecule is CC(=O)Oc1c(C)cc(I)cc1C(=O)Nc1nc(NS(C)(=O)=O)c(C(F)(F)F)s1. The molecule has 0 aliphatic rings. The molecule has 0 atom stereocenters. The van der Waals surface area contributed by atoms with Crippen molar-refractivity contribution < 1.29 is 35.9 Å². The Morgan fingerprint density at radius 3 is 2.41 bits per heavy atom. The number of anilines is 2. The highest BCUT2D eigenvalue weighted by Gasteiger charge is 2.38. The van der Waals surface area contributed by atoms with E-state index < -0.39 is 43.9 Å². The van der Waals surface area contributed by atoms with Gasteiger partial charge < -0.3 is 4.74 Å². The number of nitrogens with zero attached hydrogens (tertiary/aromatic N) is 1. The van der Waals surface area contributed by atoms with Crippen molar-refractivity contribution in [1.29, 1.82) is 0 Å². The molecule has 1 heterocycles. The third-order valence-corrected chi connectivity index (χ3v) is 5.32. The number of sulfonamides is 1. The Morgan fingerprint density at radius 1 is 1.28 bits per heavy atom. The molecule has 0 saturated heterocycles. The van der Waals surface area contributed by atoms with Gasteiger partial charge in [0.15, 0.2) is 15.8 Å². The average Bonchev–Trinajstić information content (AvgIpc) is 2.89. The topological polar surface area (TPSA) is 114 Å². The van der Waals surface area contributed by atoms with Crippen molar-refractivity contribution in [2.45, 2.75) is 20.0 Å². The lowest BCUT2D eigenvalue weighted by Crippen LogP contribution is -2.16. The fourth-order valence-electron chi connectivity index (χ4n) is 2.15. The normalized spacial score (nSPS) is 11.8. The predicted molar refractivity (Wildman–Crippen MR) is 109 cm³/mol. The Morgan fingerprint density at radius 2 is 1.90 bits per heavy atom. The van der Waals surface area contributed by atoms with E-state index in [0.717, 1.165) is 6.92 Å². The fraction of sp³-hybridized carbons (Fsp3) is 0.267. The highest BCUT2D eigenvalue weighted by atomic mass is 127. The van der Waals surface area contributed by atoms with E-state index in [9.17, 15) is 31.2 Å². The van der Waals surface area contributed by atoms with Crippen LogP contribution in [-0.4, -0.2) is 31.5 Å². The molecule has 2 N–H and O–H groups in total. The van der Waals surface area contributed by atoms with Gasteiger partial charge >= 0.3 is 12.1 Å². The first-order chi connectivity index (χ1) is 13.2. The number of ether oxygens (including phenoxy) is 1. The Hall–Kier alpha value is -1.94. The number of aromatic nitrogens is 1. The number of alkyl halides is 3. The molecule has 0 unspecified atom stereocenters. The fourth-order valence-corrected chi connectivity index (χ4v) is 4.28. The van der Waals surface area contributed by atoms with Crippen LogP contribution >= 0.6 is 33.9 Å². The van der Waals surface area contributed by atoms with Crippen LogP contribution in [0.1, 0.15) is 27.7 Å². The number of benzene rings is 1. The molecule has 0 fully saturated rings. The minimum atomic E-state index is -4.89. The molecule has 2 rings (SSSR count). The zero-order chi connectivity index (χ0) is 22.1. The number of thiazole rings is 1. The molecule has 8 nitrogen and oxygen atoms in total. The first kappa shape index (κ1) is 23.3. The number of halogens is 4. The van der Waals surface area contributed by atoms with Gasteiger partial charge in [0.2, 0.25) is 10.0 Å². The molecule has 1 aromatic heterocycles. The molecule has 2 aromatic rings. The largest absolute Gasteiger partial charge is 0.429 e. The molecule has 158 valence electrons. The van der Waals surface area contributed by atoms with Crippen LogP contribution in [0.5, 0.6) is 5.75 Å². The molecule has 0 radical (unpaired) electrons. The van der Waals surface area contributed by atoms with Crippen LogP contribution in [0.15, 0.2) is 12.1 Å². The summed E-state index contributed by atoms with van der Waals surface area (Å²) in [5, 5.41) is 1.70. The van der Waals surface area contributed by atoms with Crippen molar-refractivity contribution in [2.75, 3.05) is 16.3 Å². The second-order valence-corrected chi connectivity index (χ2v) is 9.71. The minimum absolute atomic E-state index is 0.0440. The van der Waals surface area contributed by atoms with E-state index in [-0.39, 0.29) is 22.6 Å². The summed E-state index contributed by atoms with van der Waals surface area (Å²) in [6, 6.07) is 3.03. The lowest BCUT2D eigenvalue weighted by molar-refractivity contribution is -0.134. The number of nitrogens with one attached hydrogen (secondary N) is 2. The third kappa shape index (κ3) is 6.27. The first-order valence-corrected chi connectivity index (χ1v) is 11.3. The summed E-state index contributed by atoms with van der Waals surface area (Å²) in [5.74, 6) is -2.55. The van der Waals surface area contributed by atoms with Gasteiger partial charge in [-0.3, -0.25) is 19.6 Å². The summed E-state index contributed by atoms with van der Waals surface area (Å²) >= 11 is 1.98. The van der Waals surface area contributed by atoms with E-state index in [1.54, 1.807) is 17.7 Å². The average molecular weight is 563 g/mol. The van der Waals surface area contributed by atoms with E-state index >= 15 is 0 Å². The van der Waals surface area contributed by atoms with Gasteiger partial charge in [-0.25, -0.2) is 13.4 Å². The Kier molecular flexibility index (Phi) is 6.79. The molecule has 29 heavy (non-hydrogen) atoms. The van der Waals surface area contributed by atoms with E-state index in [2.05, 4.69) is 10.3 Å². The highest BCUT2D eigenvalue weighted by Crippen LogP contribution is 2.41. The predicted octanol–water partition coefficient (Wildman–Crippen LogP) is 3.62. The summed E-state index contributed by atoms with van der Waals surface area (Å²) in [5.41, 5.74) is 0.373. The molecule has 0 saturated carbocycles. The van der Waals surface area contributed by atoms with Crippen LogP contribution in [0.2, 0.25) is 0 Å². The molecule has 0 bridgehead atoms. The number of hydrogen-bond donors (Lipinski definition) is 2. The summed E-state index contributed by atoms with van der Waals surface area (Å²) in [6.07, 6.45) is -4.22. The van der Waals surface area contributed by atoms with Gasteiger partial charge in [0, 0.05) is 10.5 Å². The molecule has 14 heteroatoms. The summed E-state index contributed by atoms with van der Waals surface area (Å²) in [6.45, 7) is 2.73. The maximum Gasteiger partial charge on any atom is 0.429 e. The number of carbonyl (C=O) groups is 2. The van der Waals surface area contributed by atoms with Crippen molar-refractivity contribution in [3.05, 3.63) is 31.7 Å². The Balaban J connectivity index is 2.45. The van der Waals surface area contributed by atoms with Gasteiger partial charge in [0.1, 0.15) is 5.75 Å². The number of hydrogen-bond acceptors (Lipinski definition) is 7. The van der Waals surface area contributed by atoms with Crippen LogP contribution in [0.3, 0.4) is 0 Å². The lowest BCUT2D eigenvalue weighted by Gasteiger charge is -2.12. The Bertz CT molecular complexity index is 1080. The van der Waals surface area contributed by atoms with Crippen molar-refractivity contribution in [2.24, 2.45) is 0 Å². The highest BCUT2D eigenvalue weighted by molar-refractivity contribution is 14.1. The first-order valence-electron chi connectivity index (χ1n) is 7.53. The number of amides is 1. The van der Waals surface area contributed by atoms with E-state index in [1.807, 2.05) is 22.6 Å². The van der Waals surface area contributed by atoms with Crippen LogP contribution in [0.4, 0.5) is 24.1 Å². The van der Waals surface area contributed by atoms with E-state index in [4.69, 9.17) is 4.74 Å². The molecular formula is C15H13F3IN3O5S2. The van der Waals surface area contributed by atoms with Gasteiger partial charge in [-0.15, -0.1) is 0 Å². The lowest BCUT2D eigenvalue weighted by atomic mass is 10.1. The summed E-state index contributed by atoms with van der Waals surface area (Å²) < 4.78 is 69.5. The maximum absolute atomic E-state index is 13.2. The second kappa shape index (κ2) is 8.43. The minimum Gasteiger partial charge on any atom is -0.426 e. The van der Waals surface area contributed by atoms with Crippen LogP contribution in [0, 0.1) is 10.5 Å².